The predicted molar refractivity (Wildman–Crippen MR) is 54.5 cm³/mol. The SMILES string of the molecule is C=CCOc1cc(Br)ccc1C#N. The molecule has 0 amide bonds. The van der Waals surface area contributed by atoms with Crippen LogP contribution in [0.4, 0.5) is 0 Å². The van der Waals surface area contributed by atoms with Gasteiger partial charge in [0.2, 0.25) is 0 Å². The summed E-state index contributed by atoms with van der Waals surface area (Å²) in [6.45, 7) is 3.94. The van der Waals surface area contributed by atoms with Crippen LogP contribution in [0, 0.1) is 11.3 Å². The Morgan fingerprint density at radius 3 is 3.00 bits per heavy atom. The van der Waals surface area contributed by atoms with Gasteiger partial charge in [-0.25, -0.2) is 0 Å². The lowest BCUT2D eigenvalue weighted by Gasteiger charge is -2.04. The summed E-state index contributed by atoms with van der Waals surface area (Å²) in [6, 6.07) is 7.33. The molecule has 0 aliphatic carbocycles. The second kappa shape index (κ2) is 4.68. The van der Waals surface area contributed by atoms with Gasteiger partial charge >= 0.3 is 0 Å². The summed E-state index contributed by atoms with van der Waals surface area (Å²) in [4.78, 5) is 0. The zero-order chi connectivity index (χ0) is 9.68. The Morgan fingerprint density at radius 2 is 2.38 bits per heavy atom. The fraction of sp³-hybridized carbons (Fsp3) is 0.100. The van der Waals surface area contributed by atoms with Crippen molar-refractivity contribution in [1.29, 1.82) is 5.26 Å². The highest BCUT2D eigenvalue weighted by atomic mass is 79.9. The third-order valence-electron chi connectivity index (χ3n) is 1.42. The van der Waals surface area contributed by atoms with Crippen molar-refractivity contribution in [3.8, 4) is 11.8 Å². The van der Waals surface area contributed by atoms with E-state index in [0.717, 1.165) is 4.47 Å². The molecule has 0 bridgehead atoms. The number of benzene rings is 1. The molecule has 0 aromatic heterocycles. The molecule has 13 heavy (non-hydrogen) atoms. The highest BCUT2D eigenvalue weighted by Gasteiger charge is 2.02. The van der Waals surface area contributed by atoms with Crippen LogP contribution in [-0.2, 0) is 0 Å². The quantitative estimate of drug-likeness (QED) is 0.758. The fourth-order valence-corrected chi connectivity index (χ4v) is 1.20. The Labute approximate surface area is 85.6 Å². The van der Waals surface area contributed by atoms with Crippen LogP contribution >= 0.6 is 15.9 Å². The van der Waals surface area contributed by atoms with Gasteiger partial charge in [-0.15, -0.1) is 0 Å². The number of halogens is 1. The lowest BCUT2D eigenvalue weighted by Crippen LogP contribution is -1.95. The molecule has 1 aromatic rings. The van der Waals surface area contributed by atoms with E-state index < -0.39 is 0 Å². The number of hydrogen-bond donors (Lipinski definition) is 0. The van der Waals surface area contributed by atoms with Crippen LogP contribution in [0.25, 0.3) is 0 Å². The molecule has 3 heteroatoms. The third kappa shape index (κ3) is 2.60. The zero-order valence-corrected chi connectivity index (χ0v) is 8.54. The van der Waals surface area contributed by atoms with Gasteiger partial charge < -0.3 is 4.74 Å². The third-order valence-corrected chi connectivity index (χ3v) is 1.91. The van der Waals surface area contributed by atoms with Crippen LogP contribution in [0.2, 0.25) is 0 Å². The molecule has 2 nitrogen and oxygen atoms in total. The average molecular weight is 238 g/mol. The van der Waals surface area contributed by atoms with Crippen molar-refractivity contribution in [2.24, 2.45) is 0 Å². The van der Waals surface area contributed by atoms with Gasteiger partial charge in [0.1, 0.15) is 18.4 Å². The van der Waals surface area contributed by atoms with E-state index >= 15 is 0 Å². The summed E-state index contributed by atoms with van der Waals surface area (Å²) < 4.78 is 6.18. The van der Waals surface area contributed by atoms with E-state index in [1.807, 2.05) is 0 Å². The van der Waals surface area contributed by atoms with E-state index in [2.05, 4.69) is 28.6 Å². The Kier molecular flexibility index (Phi) is 3.53. The molecular formula is C10H8BrNO. The van der Waals surface area contributed by atoms with Gasteiger partial charge in [-0.2, -0.15) is 5.26 Å². The number of rotatable bonds is 3. The molecule has 66 valence electrons. The first kappa shape index (κ1) is 9.82. The maximum atomic E-state index is 8.74. The van der Waals surface area contributed by atoms with Crippen LogP contribution in [-0.4, -0.2) is 6.61 Å². The maximum Gasteiger partial charge on any atom is 0.138 e. The van der Waals surface area contributed by atoms with Crippen molar-refractivity contribution in [2.45, 2.75) is 0 Å². The van der Waals surface area contributed by atoms with Crippen LogP contribution in [0.3, 0.4) is 0 Å². The van der Waals surface area contributed by atoms with Crippen LogP contribution < -0.4 is 4.74 Å². The van der Waals surface area contributed by atoms with Crippen LogP contribution in [0.15, 0.2) is 35.3 Å². The van der Waals surface area contributed by atoms with E-state index in [1.54, 1.807) is 24.3 Å². The Hall–Kier alpha value is -1.27. The van der Waals surface area contributed by atoms with Crippen molar-refractivity contribution in [3.05, 3.63) is 40.9 Å². The fourth-order valence-electron chi connectivity index (χ4n) is 0.857. The van der Waals surface area contributed by atoms with E-state index in [0.29, 0.717) is 17.9 Å². The smallest absolute Gasteiger partial charge is 0.138 e. The molecule has 0 unspecified atom stereocenters. The van der Waals surface area contributed by atoms with Crippen LogP contribution in [0.1, 0.15) is 5.56 Å². The lowest BCUT2D eigenvalue weighted by atomic mass is 10.2. The molecule has 1 aromatic carbocycles. The number of nitriles is 1. The van der Waals surface area contributed by atoms with Gasteiger partial charge in [0, 0.05) is 4.47 Å². The Bertz CT molecular complexity index is 354. The summed E-state index contributed by atoms with van der Waals surface area (Å²) in [6.07, 6.45) is 1.64. The van der Waals surface area contributed by atoms with Crippen molar-refractivity contribution in [1.82, 2.24) is 0 Å². The average Bonchev–Trinajstić information content (AvgIpc) is 2.15. The van der Waals surface area contributed by atoms with E-state index in [9.17, 15) is 0 Å². The Balaban J connectivity index is 2.95. The molecule has 0 atom stereocenters. The van der Waals surface area contributed by atoms with Crippen LogP contribution in [0.5, 0.6) is 5.75 Å². The van der Waals surface area contributed by atoms with Crippen molar-refractivity contribution < 1.29 is 4.74 Å². The normalized spacial score (nSPS) is 8.92. The molecule has 0 saturated heterocycles. The maximum absolute atomic E-state index is 8.74. The second-order valence-electron chi connectivity index (χ2n) is 2.35. The summed E-state index contributed by atoms with van der Waals surface area (Å²) in [7, 11) is 0. The topological polar surface area (TPSA) is 33.0 Å². The van der Waals surface area contributed by atoms with Gasteiger partial charge in [-0.3, -0.25) is 0 Å². The second-order valence-corrected chi connectivity index (χ2v) is 3.27. The standard InChI is InChI=1S/C10H8BrNO/c1-2-5-13-10-6-9(11)4-3-8(10)7-12/h2-4,6H,1,5H2. The lowest BCUT2D eigenvalue weighted by molar-refractivity contribution is 0.362. The van der Waals surface area contributed by atoms with Gasteiger partial charge in [0.15, 0.2) is 0 Å². The van der Waals surface area contributed by atoms with Gasteiger partial charge in [0.05, 0.1) is 5.56 Å². The molecule has 0 radical (unpaired) electrons. The molecule has 0 spiro atoms. The monoisotopic (exact) mass is 237 g/mol. The first-order chi connectivity index (χ1) is 6.27. The number of ether oxygens (including phenoxy) is 1. The first-order valence-electron chi connectivity index (χ1n) is 3.71. The molecule has 0 heterocycles. The highest BCUT2D eigenvalue weighted by Crippen LogP contribution is 2.22. The number of hydrogen-bond acceptors (Lipinski definition) is 2. The highest BCUT2D eigenvalue weighted by molar-refractivity contribution is 9.10. The summed E-state index contributed by atoms with van der Waals surface area (Å²) >= 11 is 3.30. The Morgan fingerprint density at radius 1 is 1.62 bits per heavy atom. The van der Waals surface area contributed by atoms with Crippen molar-refractivity contribution in [2.75, 3.05) is 6.61 Å². The molecule has 0 aliphatic rings. The molecule has 1 rings (SSSR count). The van der Waals surface area contributed by atoms with E-state index in [-0.39, 0.29) is 0 Å². The van der Waals surface area contributed by atoms with Crippen molar-refractivity contribution >= 4 is 15.9 Å². The van der Waals surface area contributed by atoms with E-state index in [1.165, 1.54) is 0 Å². The summed E-state index contributed by atoms with van der Waals surface area (Å²) in [5, 5.41) is 8.74. The molecule has 0 N–H and O–H groups in total. The minimum Gasteiger partial charge on any atom is -0.488 e. The minimum atomic E-state index is 0.408. The van der Waals surface area contributed by atoms with Gasteiger partial charge in [-0.1, -0.05) is 28.6 Å². The van der Waals surface area contributed by atoms with Crippen molar-refractivity contribution in [3.63, 3.8) is 0 Å². The predicted octanol–water partition coefficient (Wildman–Crippen LogP) is 2.89. The molecule has 0 aliphatic heterocycles. The molecule has 0 saturated carbocycles. The first-order valence-corrected chi connectivity index (χ1v) is 4.50. The summed E-state index contributed by atoms with van der Waals surface area (Å²) in [5.74, 6) is 0.580. The summed E-state index contributed by atoms with van der Waals surface area (Å²) in [5.41, 5.74) is 0.532. The minimum absolute atomic E-state index is 0.408. The van der Waals surface area contributed by atoms with E-state index in [4.69, 9.17) is 10.00 Å². The molecule has 0 fully saturated rings. The van der Waals surface area contributed by atoms with Gasteiger partial charge in [-0.05, 0) is 18.2 Å². The largest absolute Gasteiger partial charge is 0.488 e. The number of nitrogens with zero attached hydrogens (tertiary/aromatic N) is 1. The zero-order valence-electron chi connectivity index (χ0n) is 6.96. The molecular weight excluding hydrogens is 230 g/mol. The van der Waals surface area contributed by atoms with Gasteiger partial charge in [0.25, 0.3) is 0 Å².